The van der Waals surface area contributed by atoms with Gasteiger partial charge in [-0.15, -0.1) is 12.6 Å². The smallest absolute Gasteiger partial charge is 0.266 e. The number of amides is 1. The van der Waals surface area contributed by atoms with Crippen LogP contribution in [0.25, 0.3) is 5.70 Å². The molecule has 0 bridgehead atoms. The van der Waals surface area contributed by atoms with E-state index in [0.29, 0.717) is 11.3 Å². The van der Waals surface area contributed by atoms with Crippen LogP contribution in [0, 0.1) is 11.3 Å². The van der Waals surface area contributed by atoms with Gasteiger partial charge in [0.05, 0.1) is 5.70 Å². The third-order valence-corrected chi connectivity index (χ3v) is 2.89. The van der Waals surface area contributed by atoms with Gasteiger partial charge in [-0.1, -0.05) is 0 Å². The van der Waals surface area contributed by atoms with Gasteiger partial charge in [0.2, 0.25) is 0 Å². The molecule has 0 saturated heterocycles. The summed E-state index contributed by atoms with van der Waals surface area (Å²) in [5.74, 6) is 0.360. The van der Waals surface area contributed by atoms with Gasteiger partial charge in [0, 0.05) is 25.9 Å². The van der Waals surface area contributed by atoms with Crippen LogP contribution >= 0.6 is 12.6 Å². The minimum Gasteiger partial charge on any atom is -0.363 e. The summed E-state index contributed by atoms with van der Waals surface area (Å²) in [5.41, 5.74) is 0.637. The Hall–Kier alpha value is -2.20. The topological polar surface area (TPSA) is 81.0 Å². The number of aromatic nitrogens is 1. The fourth-order valence-corrected chi connectivity index (χ4v) is 1.93. The van der Waals surface area contributed by atoms with Gasteiger partial charge in [0.25, 0.3) is 5.91 Å². The number of carbonyl (C=O) groups excluding carboxylic acids is 1. The molecular weight excluding hydrogens is 262 g/mol. The molecule has 0 spiro atoms. The fourth-order valence-electron chi connectivity index (χ4n) is 1.69. The number of thiol groups is 1. The second-order valence-electron chi connectivity index (χ2n) is 4.18. The zero-order valence-corrected chi connectivity index (χ0v) is 11.4. The van der Waals surface area contributed by atoms with Gasteiger partial charge >= 0.3 is 0 Å². The normalized spacial score (nSPS) is 18.4. The molecule has 1 atom stereocenters. The van der Waals surface area contributed by atoms with Crippen LogP contribution in [0.4, 0.5) is 5.82 Å². The predicted octanol–water partition coefficient (Wildman–Crippen LogP) is 0.315. The lowest BCUT2D eigenvalue weighted by Crippen LogP contribution is -2.46. The van der Waals surface area contributed by atoms with Gasteiger partial charge < -0.3 is 15.5 Å². The van der Waals surface area contributed by atoms with Crippen LogP contribution < -0.4 is 15.5 Å². The first kappa shape index (κ1) is 13.2. The van der Waals surface area contributed by atoms with Crippen molar-refractivity contribution in [3.63, 3.8) is 0 Å². The molecule has 7 heteroatoms. The van der Waals surface area contributed by atoms with Crippen molar-refractivity contribution >= 4 is 30.1 Å². The van der Waals surface area contributed by atoms with E-state index in [9.17, 15) is 4.79 Å². The van der Waals surface area contributed by atoms with Crippen molar-refractivity contribution in [2.24, 2.45) is 0 Å². The quantitative estimate of drug-likeness (QED) is 0.677. The second-order valence-corrected chi connectivity index (χ2v) is 4.70. The van der Waals surface area contributed by atoms with Crippen LogP contribution in [0.5, 0.6) is 0 Å². The molecule has 0 saturated carbocycles. The summed E-state index contributed by atoms with van der Waals surface area (Å²) in [6, 6.07) is 5.52. The zero-order valence-electron chi connectivity index (χ0n) is 10.5. The molecule has 19 heavy (non-hydrogen) atoms. The molecule has 1 aromatic rings. The lowest BCUT2D eigenvalue weighted by atomic mass is 10.1. The highest BCUT2D eigenvalue weighted by Gasteiger charge is 2.25. The third kappa shape index (κ3) is 2.63. The Morgan fingerprint density at radius 1 is 1.42 bits per heavy atom. The lowest BCUT2D eigenvalue weighted by molar-refractivity contribution is -0.117. The minimum atomic E-state index is -0.520. The standard InChI is InChI=1S/C12H13N5OS/c1-17(2)9-4-3-7(6-14-9)10-8(5-13)11(18)16-12(19)15-10/h3-4,6,12,15,19H,1-2H3,(H,16,18). The number of hydrogen-bond donors (Lipinski definition) is 3. The first-order valence-electron chi connectivity index (χ1n) is 5.56. The number of anilines is 1. The van der Waals surface area contributed by atoms with E-state index in [1.165, 1.54) is 0 Å². The van der Waals surface area contributed by atoms with Crippen LogP contribution in [0.15, 0.2) is 23.9 Å². The molecule has 1 aromatic heterocycles. The second kappa shape index (κ2) is 5.20. The molecule has 0 radical (unpaired) electrons. The van der Waals surface area contributed by atoms with Crippen molar-refractivity contribution in [3.8, 4) is 6.07 Å². The van der Waals surface area contributed by atoms with Crippen LogP contribution in [0.3, 0.4) is 0 Å². The average Bonchev–Trinajstić information content (AvgIpc) is 2.38. The van der Waals surface area contributed by atoms with E-state index < -0.39 is 11.4 Å². The van der Waals surface area contributed by atoms with Gasteiger partial charge in [-0.25, -0.2) is 4.98 Å². The molecule has 1 amide bonds. The van der Waals surface area contributed by atoms with Crippen molar-refractivity contribution in [1.29, 1.82) is 5.26 Å². The molecule has 1 unspecified atom stereocenters. The monoisotopic (exact) mass is 275 g/mol. The molecule has 2 rings (SSSR count). The molecule has 0 aliphatic carbocycles. The number of hydrogen-bond acceptors (Lipinski definition) is 6. The van der Waals surface area contributed by atoms with Crippen molar-refractivity contribution in [2.75, 3.05) is 19.0 Å². The number of rotatable bonds is 2. The number of pyridine rings is 1. The molecule has 98 valence electrons. The minimum absolute atomic E-state index is 0.0321. The Morgan fingerprint density at radius 3 is 2.68 bits per heavy atom. The Labute approximate surface area is 116 Å². The fraction of sp³-hybridized carbons (Fsp3) is 0.250. The maximum absolute atomic E-state index is 11.7. The molecule has 0 fully saturated rings. The van der Waals surface area contributed by atoms with Crippen LogP contribution in [0.2, 0.25) is 0 Å². The Morgan fingerprint density at radius 2 is 2.16 bits per heavy atom. The van der Waals surface area contributed by atoms with Crippen molar-refractivity contribution in [2.45, 2.75) is 5.50 Å². The number of nitrogens with zero attached hydrogens (tertiary/aromatic N) is 3. The van der Waals surface area contributed by atoms with Crippen molar-refractivity contribution in [1.82, 2.24) is 15.6 Å². The summed E-state index contributed by atoms with van der Waals surface area (Å²) in [4.78, 5) is 17.8. The Balaban J connectivity index is 2.44. The number of nitriles is 1. The van der Waals surface area contributed by atoms with E-state index in [4.69, 9.17) is 5.26 Å². The largest absolute Gasteiger partial charge is 0.363 e. The molecule has 1 aliphatic heterocycles. The van der Waals surface area contributed by atoms with Gasteiger partial charge in [0.1, 0.15) is 23.0 Å². The summed E-state index contributed by atoms with van der Waals surface area (Å²) in [5, 5.41) is 14.5. The summed E-state index contributed by atoms with van der Waals surface area (Å²) in [7, 11) is 3.77. The zero-order chi connectivity index (χ0) is 14.0. The van der Waals surface area contributed by atoms with Crippen molar-refractivity contribution < 1.29 is 4.79 Å². The van der Waals surface area contributed by atoms with Gasteiger partial charge in [-0.05, 0) is 12.1 Å². The third-order valence-electron chi connectivity index (χ3n) is 2.63. The molecular formula is C12H13N5OS. The number of carbonyl (C=O) groups is 1. The average molecular weight is 275 g/mol. The summed E-state index contributed by atoms with van der Waals surface area (Å²) in [6.45, 7) is 0. The number of nitrogens with one attached hydrogen (secondary N) is 2. The van der Waals surface area contributed by atoms with E-state index in [0.717, 1.165) is 5.82 Å². The molecule has 0 aromatic carbocycles. The Bertz CT molecular complexity index is 573. The molecule has 6 nitrogen and oxygen atoms in total. The molecule has 2 heterocycles. The molecule has 1 aliphatic rings. The SMILES string of the molecule is CN(C)c1ccc(C2=C(C#N)C(=O)NC(S)N2)cn1. The highest BCUT2D eigenvalue weighted by atomic mass is 32.1. The maximum atomic E-state index is 11.7. The highest BCUT2D eigenvalue weighted by Crippen LogP contribution is 2.21. The summed E-state index contributed by atoms with van der Waals surface area (Å²) >= 11 is 4.15. The Kier molecular flexibility index (Phi) is 3.62. The predicted molar refractivity (Wildman–Crippen MR) is 75.1 cm³/mol. The van der Waals surface area contributed by atoms with E-state index >= 15 is 0 Å². The van der Waals surface area contributed by atoms with E-state index in [1.807, 2.05) is 31.1 Å². The van der Waals surface area contributed by atoms with Crippen molar-refractivity contribution in [3.05, 3.63) is 29.5 Å². The van der Waals surface area contributed by atoms with Gasteiger partial charge in [-0.2, -0.15) is 5.26 Å². The van der Waals surface area contributed by atoms with Crippen LogP contribution in [0.1, 0.15) is 5.56 Å². The van der Waals surface area contributed by atoms with E-state index in [1.54, 1.807) is 12.3 Å². The summed E-state index contributed by atoms with van der Waals surface area (Å²) in [6.07, 6.45) is 1.62. The first-order valence-corrected chi connectivity index (χ1v) is 6.08. The lowest BCUT2D eigenvalue weighted by Gasteiger charge is -2.24. The van der Waals surface area contributed by atoms with Crippen LogP contribution in [-0.4, -0.2) is 30.5 Å². The summed E-state index contributed by atoms with van der Waals surface area (Å²) < 4.78 is 0. The highest BCUT2D eigenvalue weighted by molar-refractivity contribution is 7.80. The van der Waals surface area contributed by atoms with Gasteiger partial charge in [-0.3, -0.25) is 4.79 Å². The van der Waals surface area contributed by atoms with Gasteiger partial charge in [0.15, 0.2) is 0 Å². The van der Waals surface area contributed by atoms with E-state index in [-0.39, 0.29) is 5.57 Å². The van der Waals surface area contributed by atoms with E-state index in [2.05, 4.69) is 28.2 Å². The van der Waals surface area contributed by atoms with Crippen LogP contribution in [-0.2, 0) is 4.79 Å². The maximum Gasteiger partial charge on any atom is 0.266 e. The first-order chi connectivity index (χ1) is 9.02. The molecule has 2 N–H and O–H groups in total.